The number of ether oxygens (including phenoxy) is 1. The molecule has 1 aromatic heterocycles. The summed E-state index contributed by atoms with van der Waals surface area (Å²) in [5.74, 6) is 0.196. The number of aryl methyl sites for hydroxylation is 2. The van der Waals surface area contributed by atoms with Crippen LogP contribution >= 0.6 is 0 Å². The average molecular weight is 378 g/mol. The van der Waals surface area contributed by atoms with E-state index in [1.807, 2.05) is 0 Å². The molecule has 0 amide bonds. The monoisotopic (exact) mass is 378 g/mol. The number of alkyl halides is 3. The molecule has 0 bridgehead atoms. The molecule has 0 fully saturated rings. The highest BCUT2D eigenvalue weighted by atomic mass is 32.2. The number of hydrogen-bond acceptors (Lipinski definition) is 5. The molecule has 10 heteroatoms. The second-order valence-corrected chi connectivity index (χ2v) is 7.11. The maximum absolute atomic E-state index is 12.3. The molecule has 6 nitrogen and oxygen atoms in total. The molecule has 0 saturated carbocycles. The topological polar surface area (TPSA) is 81.4 Å². The first-order valence-corrected chi connectivity index (χ1v) is 8.71. The van der Waals surface area contributed by atoms with Crippen LogP contribution in [0.3, 0.4) is 0 Å². The molecule has 138 valence electrons. The Morgan fingerprint density at radius 1 is 1.16 bits per heavy atom. The lowest BCUT2D eigenvalue weighted by Crippen LogP contribution is -2.24. The van der Waals surface area contributed by atoms with Gasteiger partial charge in [-0.2, -0.15) is 13.2 Å². The lowest BCUT2D eigenvalue weighted by molar-refractivity contribution is -0.176. The summed E-state index contributed by atoms with van der Waals surface area (Å²) in [5, 5.41) is 3.61. The lowest BCUT2D eigenvalue weighted by atomic mass is 10.1. The molecule has 25 heavy (non-hydrogen) atoms. The van der Waals surface area contributed by atoms with Crippen molar-refractivity contribution in [3.05, 3.63) is 46.8 Å². The molecule has 2 rings (SSSR count). The van der Waals surface area contributed by atoms with Crippen molar-refractivity contribution in [1.82, 2.24) is 9.88 Å². The van der Waals surface area contributed by atoms with Gasteiger partial charge in [-0.3, -0.25) is 0 Å². The number of benzene rings is 1. The van der Waals surface area contributed by atoms with E-state index in [2.05, 4.69) is 14.6 Å². The van der Waals surface area contributed by atoms with Gasteiger partial charge in [0.1, 0.15) is 17.2 Å². The highest BCUT2D eigenvalue weighted by Gasteiger charge is 2.27. The van der Waals surface area contributed by atoms with Crippen molar-refractivity contribution < 1.29 is 30.8 Å². The van der Waals surface area contributed by atoms with Crippen LogP contribution in [0.25, 0.3) is 0 Å². The van der Waals surface area contributed by atoms with Crippen LogP contribution in [0.1, 0.15) is 22.6 Å². The van der Waals surface area contributed by atoms with Crippen molar-refractivity contribution in [1.29, 1.82) is 0 Å². The summed E-state index contributed by atoms with van der Waals surface area (Å²) < 4.78 is 72.4. The number of nitrogens with zero attached hydrogens (tertiary/aromatic N) is 1. The minimum absolute atomic E-state index is 0.00432. The molecule has 0 aliphatic heterocycles. The van der Waals surface area contributed by atoms with Gasteiger partial charge in [0.25, 0.3) is 0 Å². The van der Waals surface area contributed by atoms with E-state index in [0.717, 1.165) is 0 Å². The molecule has 0 radical (unpaired) electrons. The molecule has 0 atom stereocenters. The third-order valence-electron chi connectivity index (χ3n) is 3.26. The van der Waals surface area contributed by atoms with Gasteiger partial charge in [-0.05, 0) is 25.0 Å². The Balaban J connectivity index is 1.93. The highest BCUT2D eigenvalue weighted by Crippen LogP contribution is 2.19. The van der Waals surface area contributed by atoms with Crippen LogP contribution in [0.5, 0.6) is 0 Å². The summed E-state index contributed by atoms with van der Waals surface area (Å²) in [5.41, 5.74) is 1.47. The van der Waals surface area contributed by atoms with Crippen molar-refractivity contribution in [3.63, 3.8) is 0 Å². The van der Waals surface area contributed by atoms with Crippen LogP contribution in [-0.2, 0) is 27.9 Å². The van der Waals surface area contributed by atoms with E-state index >= 15 is 0 Å². The highest BCUT2D eigenvalue weighted by molar-refractivity contribution is 7.89. The van der Waals surface area contributed by atoms with Crippen LogP contribution < -0.4 is 4.72 Å². The van der Waals surface area contributed by atoms with Crippen LogP contribution in [0, 0.1) is 13.8 Å². The van der Waals surface area contributed by atoms with Crippen molar-refractivity contribution in [2.75, 3.05) is 6.61 Å². The van der Waals surface area contributed by atoms with Crippen LogP contribution in [0.15, 0.2) is 33.7 Å². The Morgan fingerprint density at radius 3 is 2.28 bits per heavy atom. The Hall–Kier alpha value is -1.91. The molecule has 1 aromatic carbocycles. The number of rotatable bonds is 7. The van der Waals surface area contributed by atoms with Gasteiger partial charge in [-0.1, -0.05) is 29.4 Å². The fourth-order valence-electron chi connectivity index (χ4n) is 2.15. The first kappa shape index (κ1) is 19.4. The molecular formula is C15H17F3N2O4S. The van der Waals surface area contributed by atoms with Gasteiger partial charge in [-0.15, -0.1) is 0 Å². The predicted molar refractivity (Wildman–Crippen MR) is 82.2 cm³/mol. The van der Waals surface area contributed by atoms with Crippen molar-refractivity contribution in [3.8, 4) is 0 Å². The smallest absolute Gasteiger partial charge is 0.367 e. The standard InChI is InChI=1S/C15H17F3N2O4S/c1-10-14(11(2)24-20-10)25(21,22)19-7-12-3-5-13(6-4-12)8-23-9-15(16,17)18/h3-6,19H,7-9H2,1-2H3. The number of hydrogen-bond donors (Lipinski definition) is 1. The minimum Gasteiger partial charge on any atom is -0.367 e. The number of aromatic nitrogens is 1. The van der Waals surface area contributed by atoms with Crippen molar-refractivity contribution in [2.45, 2.75) is 38.1 Å². The molecule has 2 aromatic rings. The van der Waals surface area contributed by atoms with E-state index in [1.54, 1.807) is 24.3 Å². The largest absolute Gasteiger partial charge is 0.411 e. The first-order valence-electron chi connectivity index (χ1n) is 7.23. The molecule has 0 saturated heterocycles. The average Bonchev–Trinajstić information content (AvgIpc) is 2.85. The van der Waals surface area contributed by atoms with E-state index in [1.165, 1.54) is 13.8 Å². The third kappa shape index (κ3) is 5.55. The van der Waals surface area contributed by atoms with Crippen molar-refractivity contribution in [2.24, 2.45) is 0 Å². The van der Waals surface area contributed by atoms with E-state index in [9.17, 15) is 21.6 Å². The summed E-state index contributed by atoms with van der Waals surface area (Å²) in [4.78, 5) is 0.00432. The van der Waals surface area contributed by atoms with Crippen LogP contribution in [-0.4, -0.2) is 26.4 Å². The van der Waals surface area contributed by atoms with Gasteiger partial charge in [0.05, 0.1) is 6.61 Å². The van der Waals surface area contributed by atoms with Gasteiger partial charge in [0.2, 0.25) is 10.0 Å². The summed E-state index contributed by atoms with van der Waals surface area (Å²) in [6, 6.07) is 6.39. The number of halogens is 3. The van der Waals surface area contributed by atoms with Gasteiger partial charge in [0.15, 0.2) is 5.76 Å². The Morgan fingerprint density at radius 2 is 1.76 bits per heavy atom. The van der Waals surface area contributed by atoms with E-state index in [4.69, 9.17) is 4.52 Å². The Kier molecular flexibility index (Phi) is 5.86. The number of sulfonamides is 1. The van der Waals surface area contributed by atoms with Gasteiger partial charge in [-0.25, -0.2) is 13.1 Å². The van der Waals surface area contributed by atoms with Gasteiger partial charge < -0.3 is 9.26 Å². The zero-order valence-electron chi connectivity index (χ0n) is 13.6. The maximum Gasteiger partial charge on any atom is 0.411 e. The summed E-state index contributed by atoms with van der Waals surface area (Å²) in [7, 11) is -3.77. The van der Waals surface area contributed by atoms with Gasteiger partial charge in [0, 0.05) is 6.54 Å². The predicted octanol–water partition coefficient (Wildman–Crippen LogP) is 2.85. The van der Waals surface area contributed by atoms with Crippen LogP contribution in [0.4, 0.5) is 13.2 Å². The lowest BCUT2D eigenvalue weighted by Gasteiger charge is -2.09. The van der Waals surface area contributed by atoms with Crippen molar-refractivity contribution >= 4 is 10.0 Å². The van der Waals surface area contributed by atoms with Crippen LogP contribution in [0.2, 0.25) is 0 Å². The number of nitrogens with one attached hydrogen (secondary N) is 1. The summed E-state index contributed by atoms with van der Waals surface area (Å²) in [6.07, 6.45) is -4.36. The summed E-state index contributed by atoms with van der Waals surface area (Å²) in [6.45, 7) is 1.57. The minimum atomic E-state index is -4.36. The van der Waals surface area contributed by atoms with E-state index < -0.39 is 22.8 Å². The second kappa shape index (κ2) is 7.54. The second-order valence-electron chi connectivity index (χ2n) is 5.40. The fraction of sp³-hybridized carbons (Fsp3) is 0.400. The molecule has 0 spiro atoms. The molecule has 1 N–H and O–H groups in total. The first-order chi connectivity index (χ1) is 11.6. The third-order valence-corrected chi connectivity index (χ3v) is 4.91. The quantitative estimate of drug-likeness (QED) is 0.801. The van der Waals surface area contributed by atoms with E-state index in [0.29, 0.717) is 11.1 Å². The molecule has 0 unspecified atom stereocenters. The zero-order valence-corrected chi connectivity index (χ0v) is 14.4. The Bertz CT molecular complexity index is 795. The Labute approximate surface area is 143 Å². The maximum atomic E-state index is 12.3. The SMILES string of the molecule is Cc1noc(C)c1S(=O)(=O)NCc1ccc(COCC(F)(F)F)cc1. The molecular weight excluding hydrogens is 361 g/mol. The normalized spacial score (nSPS) is 12.5. The molecule has 1 heterocycles. The van der Waals surface area contributed by atoms with E-state index in [-0.39, 0.29) is 29.5 Å². The summed E-state index contributed by atoms with van der Waals surface area (Å²) >= 11 is 0. The van der Waals surface area contributed by atoms with Gasteiger partial charge >= 0.3 is 6.18 Å². The molecule has 0 aliphatic carbocycles. The molecule has 0 aliphatic rings. The zero-order chi connectivity index (χ0) is 18.7. The fourth-order valence-corrected chi connectivity index (χ4v) is 3.49.